The molecule has 1 fully saturated rings. The number of hydrogen-bond donors (Lipinski definition) is 2. The first-order chi connectivity index (χ1) is 16.9. The van der Waals surface area contributed by atoms with E-state index in [2.05, 4.69) is 29.6 Å². The van der Waals surface area contributed by atoms with E-state index in [-0.39, 0.29) is 38.1 Å². The van der Waals surface area contributed by atoms with Crippen molar-refractivity contribution in [3.8, 4) is 11.1 Å². The molecule has 1 aliphatic heterocycles. The fourth-order valence-electron chi connectivity index (χ4n) is 5.11. The maximum absolute atomic E-state index is 13.0. The standard InChI is InChI=1S/C27H32N2O6/c1-3-17(13-25(30)29(4-2)24-16-34-14-23(24)26(31)32)28-27(33)35-15-22-20-11-7-5-9-18(20)19-10-6-8-12-21(19)22/h5-12,17,22-24H,3-4,13-16H2,1-2H3,(H,28,33)(H,31,32). The normalized spacial score (nSPS) is 19.5. The van der Waals surface area contributed by atoms with Gasteiger partial charge >= 0.3 is 12.1 Å². The minimum absolute atomic E-state index is 0.0410. The second-order valence-corrected chi connectivity index (χ2v) is 9.01. The van der Waals surface area contributed by atoms with Gasteiger partial charge in [-0.05, 0) is 35.6 Å². The molecule has 4 rings (SSSR count). The predicted molar refractivity (Wildman–Crippen MR) is 130 cm³/mol. The number of aliphatic carboxylic acids is 1. The molecule has 3 atom stereocenters. The van der Waals surface area contributed by atoms with Crippen LogP contribution in [0.5, 0.6) is 0 Å². The first kappa shape index (κ1) is 24.7. The number of benzene rings is 2. The smallest absolute Gasteiger partial charge is 0.407 e. The number of fused-ring (bicyclic) bond motifs is 3. The summed E-state index contributed by atoms with van der Waals surface area (Å²) in [6, 6.07) is 15.3. The number of ether oxygens (including phenoxy) is 2. The summed E-state index contributed by atoms with van der Waals surface area (Å²) >= 11 is 0. The van der Waals surface area contributed by atoms with E-state index < -0.39 is 30.1 Å². The molecule has 0 spiro atoms. The molecule has 2 amide bonds. The molecule has 2 aromatic carbocycles. The highest BCUT2D eigenvalue weighted by Gasteiger charge is 2.39. The average molecular weight is 481 g/mol. The van der Waals surface area contributed by atoms with Gasteiger partial charge in [-0.25, -0.2) is 4.79 Å². The van der Waals surface area contributed by atoms with E-state index in [1.807, 2.05) is 38.1 Å². The van der Waals surface area contributed by atoms with Gasteiger partial charge in [-0.1, -0.05) is 55.5 Å². The van der Waals surface area contributed by atoms with E-state index in [9.17, 15) is 19.5 Å². The Hall–Kier alpha value is -3.39. The quantitative estimate of drug-likeness (QED) is 0.568. The molecular weight excluding hydrogens is 448 g/mol. The lowest BCUT2D eigenvalue weighted by Crippen LogP contribution is -2.48. The summed E-state index contributed by atoms with van der Waals surface area (Å²) in [6.07, 6.45) is 0.0381. The third-order valence-electron chi connectivity index (χ3n) is 7.01. The zero-order chi connectivity index (χ0) is 24.9. The molecule has 0 bridgehead atoms. The van der Waals surface area contributed by atoms with Crippen molar-refractivity contribution in [2.45, 2.75) is 44.7 Å². The van der Waals surface area contributed by atoms with Gasteiger partial charge in [0, 0.05) is 24.9 Å². The molecule has 1 aliphatic carbocycles. The lowest BCUT2D eigenvalue weighted by atomic mass is 9.98. The molecule has 0 radical (unpaired) electrons. The van der Waals surface area contributed by atoms with Crippen molar-refractivity contribution in [3.63, 3.8) is 0 Å². The molecule has 186 valence electrons. The van der Waals surface area contributed by atoms with Crippen LogP contribution in [0.25, 0.3) is 11.1 Å². The molecule has 3 unspecified atom stereocenters. The third kappa shape index (κ3) is 5.17. The van der Waals surface area contributed by atoms with Gasteiger partial charge in [-0.3, -0.25) is 9.59 Å². The predicted octanol–water partition coefficient (Wildman–Crippen LogP) is 3.64. The monoisotopic (exact) mass is 480 g/mol. The van der Waals surface area contributed by atoms with Gasteiger partial charge in [0.05, 0.1) is 19.3 Å². The Morgan fingerprint density at radius 1 is 1.06 bits per heavy atom. The van der Waals surface area contributed by atoms with E-state index in [4.69, 9.17) is 9.47 Å². The summed E-state index contributed by atoms with van der Waals surface area (Å²) in [5.41, 5.74) is 4.58. The number of likely N-dealkylation sites (N-methyl/N-ethyl adjacent to an activating group) is 1. The molecule has 0 saturated carbocycles. The van der Waals surface area contributed by atoms with Crippen LogP contribution < -0.4 is 5.32 Å². The number of carboxylic acids is 1. The van der Waals surface area contributed by atoms with Crippen LogP contribution in [0.1, 0.15) is 43.7 Å². The summed E-state index contributed by atoms with van der Waals surface area (Å²) in [5, 5.41) is 12.3. The SMILES string of the molecule is CCC(CC(=O)N(CC)C1COCC1C(=O)O)NC(=O)OCC1c2ccccc2-c2ccccc21. The minimum Gasteiger partial charge on any atom is -0.481 e. The molecule has 2 N–H and O–H groups in total. The molecule has 35 heavy (non-hydrogen) atoms. The van der Waals surface area contributed by atoms with E-state index in [1.54, 1.807) is 4.90 Å². The molecule has 8 heteroatoms. The summed E-state index contributed by atoms with van der Waals surface area (Å²) in [5.74, 6) is -1.96. The van der Waals surface area contributed by atoms with Crippen molar-refractivity contribution in [1.29, 1.82) is 0 Å². The lowest BCUT2D eigenvalue weighted by Gasteiger charge is -2.30. The molecule has 1 saturated heterocycles. The van der Waals surface area contributed by atoms with Crippen LogP contribution in [0.3, 0.4) is 0 Å². The number of alkyl carbamates (subject to hydrolysis) is 1. The van der Waals surface area contributed by atoms with Crippen LogP contribution in [0.2, 0.25) is 0 Å². The maximum atomic E-state index is 13.0. The van der Waals surface area contributed by atoms with Crippen LogP contribution >= 0.6 is 0 Å². The lowest BCUT2D eigenvalue weighted by molar-refractivity contribution is -0.145. The molecular formula is C27H32N2O6. The number of carbonyl (C=O) groups excluding carboxylic acids is 2. The molecule has 1 heterocycles. The van der Waals surface area contributed by atoms with Crippen molar-refractivity contribution in [1.82, 2.24) is 10.2 Å². The zero-order valence-corrected chi connectivity index (χ0v) is 20.1. The van der Waals surface area contributed by atoms with E-state index in [0.717, 1.165) is 22.3 Å². The fourth-order valence-corrected chi connectivity index (χ4v) is 5.11. The van der Waals surface area contributed by atoms with Crippen LogP contribution in [0, 0.1) is 5.92 Å². The van der Waals surface area contributed by atoms with E-state index >= 15 is 0 Å². The van der Waals surface area contributed by atoms with Gasteiger partial charge < -0.3 is 24.8 Å². The van der Waals surface area contributed by atoms with Crippen molar-refractivity contribution in [2.24, 2.45) is 5.92 Å². The third-order valence-corrected chi connectivity index (χ3v) is 7.01. The van der Waals surface area contributed by atoms with Gasteiger partial charge in [0.1, 0.15) is 12.5 Å². The Morgan fingerprint density at radius 3 is 2.26 bits per heavy atom. The van der Waals surface area contributed by atoms with Crippen molar-refractivity contribution in [2.75, 3.05) is 26.4 Å². The first-order valence-electron chi connectivity index (χ1n) is 12.2. The van der Waals surface area contributed by atoms with Crippen LogP contribution in [-0.2, 0) is 19.1 Å². The second kappa shape index (κ2) is 10.9. The Bertz CT molecular complexity index is 1040. The summed E-state index contributed by atoms with van der Waals surface area (Å²) < 4.78 is 10.9. The van der Waals surface area contributed by atoms with Crippen LogP contribution in [0.4, 0.5) is 4.79 Å². The Balaban J connectivity index is 1.35. The average Bonchev–Trinajstić information content (AvgIpc) is 3.46. The number of carboxylic acid groups (broad SMARTS) is 1. The highest BCUT2D eigenvalue weighted by Crippen LogP contribution is 2.44. The fraction of sp³-hybridized carbons (Fsp3) is 0.444. The van der Waals surface area contributed by atoms with Crippen LogP contribution in [0.15, 0.2) is 48.5 Å². The van der Waals surface area contributed by atoms with Gasteiger partial charge in [0.2, 0.25) is 5.91 Å². The summed E-state index contributed by atoms with van der Waals surface area (Å²) in [7, 11) is 0. The van der Waals surface area contributed by atoms with E-state index in [0.29, 0.717) is 13.0 Å². The largest absolute Gasteiger partial charge is 0.481 e. The number of hydrogen-bond acceptors (Lipinski definition) is 5. The Morgan fingerprint density at radius 2 is 1.69 bits per heavy atom. The van der Waals surface area contributed by atoms with Gasteiger partial charge in [-0.2, -0.15) is 0 Å². The van der Waals surface area contributed by atoms with Crippen molar-refractivity contribution < 1.29 is 29.0 Å². The molecule has 2 aromatic rings. The molecule has 8 nitrogen and oxygen atoms in total. The maximum Gasteiger partial charge on any atom is 0.407 e. The van der Waals surface area contributed by atoms with Crippen molar-refractivity contribution in [3.05, 3.63) is 59.7 Å². The second-order valence-electron chi connectivity index (χ2n) is 9.01. The Kier molecular flexibility index (Phi) is 7.70. The topological polar surface area (TPSA) is 105 Å². The van der Waals surface area contributed by atoms with Gasteiger partial charge in [0.15, 0.2) is 0 Å². The number of rotatable bonds is 9. The van der Waals surface area contributed by atoms with Gasteiger partial charge in [0.25, 0.3) is 0 Å². The summed E-state index contributed by atoms with van der Waals surface area (Å²) in [6.45, 7) is 4.57. The molecule has 0 aromatic heterocycles. The highest BCUT2D eigenvalue weighted by atomic mass is 16.5. The molecule has 2 aliphatic rings. The van der Waals surface area contributed by atoms with E-state index in [1.165, 1.54) is 0 Å². The number of carbonyl (C=O) groups is 3. The number of nitrogens with one attached hydrogen (secondary N) is 1. The number of nitrogens with zero attached hydrogens (tertiary/aromatic N) is 1. The number of amides is 2. The highest BCUT2D eigenvalue weighted by molar-refractivity contribution is 5.80. The first-order valence-corrected chi connectivity index (χ1v) is 12.2. The zero-order valence-electron chi connectivity index (χ0n) is 20.1. The van der Waals surface area contributed by atoms with Crippen molar-refractivity contribution >= 4 is 18.0 Å². The summed E-state index contributed by atoms with van der Waals surface area (Å²) in [4.78, 5) is 38.7. The van der Waals surface area contributed by atoms with Crippen LogP contribution in [-0.4, -0.2) is 66.4 Å². The Labute approximate surface area is 205 Å². The van der Waals surface area contributed by atoms with Gasteiger partial charge in [-0.15, -0.1) is 0 Å². The minimum atomic E-state index is -0.970.